The molecule has 1 aliphatic rings. The second-order valence-corrected chi connectivity index (χ2v) is 6.16. The maximum atomic E-state index is 6.01. The fourth-order valence-corrected chi connectivity index (χ4v) is 3.19. The van der Waals surface area contributed by atoms with Crippen molar-refractivity contribution < 1.29 is 4.74 Å². The van der Waals surface area contributed by atoms with Crippen LogP contribution in [-0.4, -0.2) is 24.1 Å². The first-order valence-corrected chi connectivity index (χ1v) is 7.71. The molecule has 3 nitrogen and oxygen atoms in total. The topological polar surface area (TPSA) is 38.5 Å². The number of likely N-dealkylation sites (tertiary alicyclic amines) is 1. The Morgan fingerprint density at radius 1 is 1.30 bits per heavy atom. The molecule has 1 heterocycles. The molecular weight excluding hydrogens is 248 g/mol. The number of hydrogen-bond acceptors (Lipinski definition) is 3. The van der Waals surface area contributed by atoms with Gasteiger partial charge >= 0.3 is 0 Å². The van der Waals surface area contributed by atoms with E-state index < -0.39 is 0 Å². The van der Waals surface area contributed by atoms with Gasteiger partial charge in [0.05, 0.1) is 7.11 Å². The summed E-state index contributed by atoms with van der Waals surface area (Å²) in [5, 5.41) is 0. The third-order valence-corrected chi connectivity index (χ3v) is 4.56. The predicted octanol–water partition coefficient (Wildman–Crippen LogP) is 3.48. The van der Waals surface area contributed by atoms with Crippen molar-refractivity contribution >= 4 is 0 Å². The van der Waals surface area contributed by atoms with E-state index in [0.717, 1.165) is 12.3 Å². The van der Waals surface area contributed by atoms with Gasteiger partial charge in [-0.15, -0.1) is 0 Å². The van der Waals surface area contributed by atoms with Crippen LogP contribution in [0.25, 0.3) is 0 Å². The van der Waals surface area contributed by atoms with Gasteiger partial charge in [-0.3, -0.25) is 4.90 Å². The van der Waals surface area contributed by atoms with Gasteiger partial charge in [0, 0.05) is 30.2 Å². The van der Waals surface area contributed by atoms with Crippen LogP contribution in [0.15, 0.2) is 18.2 Å². The van der Waals surface area contributed by atoms with Gasteiger partial charge in [-0.2, -0.15) is 0 Å². The minimum absolute atomic E-state index is 0.0656. The van der Waals surface area contributed by atoms with E-state index >= 15 is 0 Å². The lowest BCUT2D eigenvalue weighted by molar-refractivity contribution is 0.0943. The smallest absolute Gasteiger partial charge is 0.123 e. The van der Waals surface area contributed by atoms with Crippen LogP contribution in [-0.2, 0) is 6.54 Å². The molecule has 0 radical (unpaired) electrons. The molecule has 20 heavy (non-hydrogen) atoms. The number of nitrogens with two attached hydrogens (primary N) is 1. The number of rotatable bonds is 4. The lowest BCUT2D eigenvalue weighted by Crippen LogP contribution is -2.43. The summed E-state index contributed by atoms with van der Waals surface area (Å²) in [6.07, 6.45) is 3.93. The Morgan fingerprint density at radius 2 is 1.95 bits per heavy atom. The maximum Gasteiger partial charge on any atom is 0.123 e. The lowest BCUT2D eigenvalue weighted by Gasteiger charge is -2.39. The van der Waals surface area contributed by atoms with Crippen LogP contribution in [0.4, 0.5) is 0 Å². The van der Waals surface area contributed by atoms with E-state index in [4.69, 9.17) is 10.5 Å². The zero-order chi connectivity index (χ0) is 14.7. The highest BCUT2D eigenvalue weighted by Gasteiger charge is 2.25. The highest BCUT2D eigenvalue weighted by molar-refractivity contribution is 5.38. The van der Waals surface area contributed by atoms with Crippen LogP contribution in [0.2, 0.25) is 0 Å². The highest BCUT2D eigenvalue weighted by atomic mass is 16.5. The Hall–Kier alpha value is -1.06. The standard InChI is InChI=1S/C17H28N2O/c1-12-6-5-7-13(2)19(12)11-16-10-15(14(3)18)8-9-17(16)20-4/h8-10,12-14H,5-7,11,18H2,1-4H3/t12-,13+,14?. The number of benzene rings is 1. The molecule has 0 amide bonds. The van der Waals surface area contributed by atoms with Crippen LogP contribution in [0.3, 0.4) is 0 Å². The lowest BCUT2D eigenvalue weighted by atomic mass is 9.96. The average molecular weight is 276 g/mol. The molecule has 1 aliphatic heterocycles. The van der Waals surface area contributed by atoms with Crippen molar-refractivity contribution in [2.24, 2.45) is 5.73 Å². The molecule has 1 aromatic rings. The van der Waals surface area contributed by atoms with Gasteiger partial charge in [-0.05, 0) is 51.3 Å². The molecule has 3 heteroatoms. The summed E-state index contributed by atoms with van der Waals surface area (Å²) in [4.78, 5) is 2.59. The molecule has 1 aromatic carbocycles. The molecule has 2 rings (SSSR count). The van der Waals surface area contributed by atoms with Crippen molar-refractivity contribution in [3.63, 3.8) is 0 Å². The second-order valence-electron chi connectivity index (χ2n) is 6.16. The van der Waals surface area contributed by atoms with E-state index in [-0.39, 0.29) is 6.04 Å². The van der Waals surface area contributed by atoms with E-state index in [1.165, 1.54) is 30.4 Å². The number of ether oxygens (including phenoxy) is 1. The summed E-state index contributed by atoms with van der Waals surface area (Å²) in [5.74, 6) is 0.972. The zero-order valence-electron chi connectivity index (χ0n) is 13.2. The fraction of sp³-hybridized carbons (Fsp3) is 0.647. The van der Waals surface area contributed by atoms with Gasteiger partial charge < -0.3 is 10.5 Å². The predicted molar refractivity (Wildman–Crippen MR) is 83.9 cm³/mol. The van der Waals surface area contributed by atoms with Crippen molar-refractivity contribution in [2.45, 2.75) is 64.7 Å². The first-order valence-electron chi connectivity index (χ1n) is 7.71. The van der Waals surface area contributed by atoms with Crippen molar-refractivity contribution in [1.29, 1.82) is 0 Å². The molecule has 1 fully saturated rings. The fourth-order valence-electron chi connectivity index (χ4n) is 3.19. The average Bonchev–Trinajstić information content (AvgIpc) is 2.42. The van der Waals surface area contributed by atoms with Gasteiger partial charge in [-0.25, -0.2) is 0 Å². The minimum atomic E-state index is 0.0656. The molecule has 1 unspecified atom stereocenters. The molecule has 0 aliphatic carbocycles. The minimum Gasteiger partial charge on any atom is -0.496 e. The molecule has 3 atom stereocenters. The summed E-state index contributed by atoms with van der Waals surface area (Å²) in [6.45, 7) is 7.64. The summed E-state index contributed by atoms with van der Waals surface area (Å²) in [5.41, 5.74) is 8.44. The van der Waals surface area contributed by atoms with Gasteiger partial charge in [0.25, 0.3) is 0 Å². The van der Waals surface area contributed by atoms with E-state index in [1.54, 1.807) is 7.11 Å². The molecule has 112 valence electrons. The molecule has 0 aromatic heterocycles. The Bertz CT molecular complexity index is 435. The van der Waals surface area contributed by atoms with E-state index in [2.05, 4.69) is 30.9 Å². The van der Waals surface area contributed by atoms with Crippen LogP contribution >= 0.6 is 0 Å². The SMILES string of the molecule is COc1ccc(C(C)N)cc1CN1[C@H](C)CCC[C@@H]1C. The quantitative estimate of drug-likeness (QED) is 0.915. The van der Waals surface area contributed by atoms with Gasteiger partial charge in [0.2, 0.25) is 0 Å². The third kappa shape index (κ3) is 3.33. The van der Waals surface area contributed by atoms with E-state index in [1.807, 2.05) is 13.0 Å². The summed E-state index contributed by atoms with van der Waals surface area (Å²) < 4.78 is 5.52. The Morgan fingerprint density at radius 3 is 2.50 bits per heavy atom. The highest BCUT2D eigenvalue weighted by Crippen LogP contribution is 2.29. The van der Waals surface area contributed by atoms with Crippen molar-refractivity contribution in [3.8, 4) is 5.75 Å². The number of piperidine rings is 1. The number of hydrogen-bond donors (Lipinski definition) is 1. The molecular formula is C17H28N2O. The number of methoxy groups -OCH3 is 1. The van der Waals surface area contributed by atoms with Gasteiger partial charge in [0.15, 0.2) is 0 Å². The van der Waals surface area contributed by atoms with Crippen LogP contribution in [0.1, 0.15) is 57.2 Å². The monoisotopic (exact) mass is 276 g/mol. The van der Waals surface area contributed by atoms with Crippen molar-refractivity contribution in [2.75, 3.05) is 7.11 Å². The summed E-state index contributed by atoms with van der Waals surface area (Å²) in [7, 11) is 1.74. The normalized spacial score (nSPS) is 25.4. The number of nitrogens with zero attached hydrogens (tertiary/aromatic N) is 1. The molecule has 0 spiro atoms. The first-order chi connectivity index (χ1) is 9.52. The maximum absolute atomic E-state index is 6.01. The van der Waals surface area contributed by atoms with Crippen LogP contribution < -0.4 is 10.5 Å². The summed E-state index contributed by atoms with van der Waals surface area (Å²) in [6, 6.07) is 7.67. The molecule has 0 saturated carbocycles. The van der Waals surface area contributed by atoms with Gasteiger partial charge in [0.1, 0.15) is 5.75 Å². The van der Waals surface area contributed by atoms with Gasteiger partial charge in [-0.1, -0.05) is 12.5 Å². The van der Waals surface area contributed by atoms with E-state index in [9.17, 15) is 0 Å². The molecule has 0 bridgehead atoms. The molecule has 2 N–H and O–H groups in total. The Kier molecular flexibility index (Phi) is 5.06. The second kappa shape index (κ2) is 6.59. The first kappa shape index (κ1) is 15.3. The third-order valence-electron chi connectivity index (χ3n) is 4.56. The van der Waals surface area contributed by atoms with Crippen molar-refractivity contribution in [1.82, 2.24) is 4.90 Å². The van der Waals surface area contributed by atoms with Crippen LogP contribution in [0.5, 0.6) is 5.75 Å². The van der Waals surface area contributed by atoms with Crippen molar-refractivity contribution in [3.05, 3.63) is 29.3 Å². The van der Waals surface area contributed by atoms with E-state index in [0.29, 0.717) is 12.1 Å². The van der Waals surface area contributed by atoms with Crippen LogP contribution in [0, 0.1) is 0 Å². The Labute approximate surface area is 123 Å². The largest absolute Gasteiger partial charge is 0.496 e. The molecule has 1 saturated heterocycles. The zero-order valence-corrected chi connectivity index (χ0v) is 13.2. The Balaban J connectivity index is 2.24. The summed E-state index contributed by atoms with van der Waals surface area (Å²) >= 11 is 0.